The topological polar surface area (TPSA) is 78.9 Å². The number of esters is 3. The summed E-state index contributed by atoms with van der Waals surface area (Å²) in [7, 11) is 0. The molecule has 1 unspecified atom stereocenters. The molecule has 0 N–H and O–H groups in total. The predicted molar refractivity (Wildman–Crippen MR) is 292 cm³/mol. The van der Waals surface area contributed by atoms with Crippen LogP contribution in [0.1, 0.15) is 168 Å². The van der Waals surface area contributed by atoms with E-state index in [9.17, 15) is 14.4 Å². The molecule has 68 heavy (non-hydrogen) atoms. The van der Waals surface area contributed by atoms with Crippen LogP contribution >= 0.6 is 0 Å². The maximum Gasteiger partial charge on any atom is 0.306 e. The van der Waals surface area contributed by atoms with E-state index >= 15 is 0 Å². The van der Waals surface area contributed by atoms with E-state index in [-0.39, 0.29) is 44.0 Å². The minimum atomic E-state index is -0.831. The van der Waals surface area contributed by atoms with E-state index in [1.807, 2.05) is 115 Å². The van der Waals surface area contributed by atoms with Crippen LogP contribution in [-0.2, 0) is 28.6 Å². The van der Waals surface area contributed by atoms with Gasteiger partial charge in [-0.15, -0.1) is 0 Å². The van der Waals surface area contributed by atoms with Gasteiger partial charge in [0.2, 0.25) is 0 Å². The highest BCUT2D eigenvalue weighted by Gasteiger charge is 2.19. The summed E-state index contributed by atoms with van der Waals surface area (Å²) in [5.74, 6) is -1.03. The summed E-state index contributed by atoms with van der Waals surface area (Å²) in [6, 6.07) is 0. The van der Waals surface area contributed by atoms with E-state index in [1.165, 1.54) is 6.42 Å². The minimum Gasteiger partial charge on any atom is -0.462 e. The van der Waals surface area contributed by atoms with Crippen molar-refractivity contribution in [1.82, 2.24) is 0 Å². The Labute approximate surface area is 414 Å². The van der Waals surface area contributed by atoms with Crippen molar-refractivity contribution in [3.8, 4) is 0 Å². The molecular weight excluding hydrogens is 841 g/mol. The molecule has 0 amide bonds. The third-order valence-corrected chi connectivity index (χ3v) is 9.99. The molecule has 0 aliphatic rings. The fourth-order valence-corrected chi connectivity index (χ4v) is 6.16. The van der Waals surface area contributed by atoms with Gasteiger partial charge in [0.05, 0.1) is 0 Å². The molecule has 0 heterocycles. The molecule has 0 spiro atoms. The third-order valence-electron chi connectivity index (χ3n) is 9.99. The molecule has 0 aromatic carbocycles. The molecule has 0 aliphatic heterocycles. The lowest BCUT2D eigenvalue weighted by atomic mass is 10.1. The Kier molecular flexibility index (Phi) is 49.7. The molecule has 0 aromatic heterocycles. The summed E-state index contributed by atoms with van der Waals surface area (Å²) in [6.45, 7) is 6.15. The predicted octanol–water partition coefficient (Wildman–Crippen LogP) is 17.4. The number of unbranched alkanes of at least 4 members (excludes halogenated alkanes) is 14. The van der Waals surface area contributed by atoms with E-state index in [1.54, 1.807) is 0 Å². The van der Waals surface area contributed by atoms with Gasteiger partial charge in [0, 0.05) is 19.3 Å². The van der Waals surface area contributed by atoms with Crippen LogP contribution in [0.4, 0.5) is 0 Å². The van der Waals surface area contributed by atoms with Crippen LogP contribution in [0.15, 0.2) is 182 Å². The Morgan fingerprint density at radius 3 is 0.912 bits per heavy atom. The van der Waals surface area contributed by atoms with Crippen LogP contribution in [-0.4, -0.2) is 37.2 Å². The molecule has 1 atom stereocenters. The molecule has 0 aliphatic carbocycles. The SMILES string of the molecule is CC/C=C/C=C/C=C/C=C/C=C/C=C/C=C/CCCCCC(=O)OCC(COC(=O)CCCCCCC/C=C/C=C/C=C/CC)OC(=O)CCCCCCC/C=C/C=C/C=C/C=C/C=C/CCC. The first-order valence-corrected chi connectivity index (χ1v) is 26.0. The van der Waals surface area contributed by atoms with Gasteiger partial charge in [0.25, 0.3) is 0 Å². The van der Waals surface area contributed by atoms with Crippen molar-refractivity contribution in [3.05, 3.63) is 182 Å². The van der Waals surface area contributed by atoms with Gasteiger partial charge in [-0.2, -0.15) is 0 Å². The second kappa shape index (κ2) is 54.1. The molecule has 6 nitrogen and oxygen atoms in total. The zero-order valence-electron chi connectivity index (χ0n) is 42.5. The summed E-state index contributed by atoms with van der Waals surface area (Å²) in [4.78, 5) is 38.0. The molecule has 0 saturated carbocycles. The Morgan fingerprint density at radius 1 is 0.309 bits per heavy atom. The van der Waals surface area contributed by atoms with Crippen molar-refractivity contribution in [2.24, 2.45) is 0 Å². The van der Waals surface area contributed by atoms with E-state index in [0.29, 0.717) is 12.8 Å². The van der Waals surface area contributed by atoms with Crippen LogP contribution in [0.3, 0.4) is 0 Å². The lowest BCUT2D eigenvalue weighted by molar-refractivity contribution is -0.167. The van der Waals surface area contributed by atoms with Crippen LogP contribution in [0, 0.1) is 0 Å². The van der Waals surface area contributed by atoms with Gasteiger partial charge >= 0.3 is 17.9 Å². The largest absolute Gasteiger partial charge is 0.462 e. The van der Waals surface area contributed by atoms with Gasteiger partial charge in [-0.05, 0) is 77.0 Å². The van der Waals surface area contributed by atoms with Crippen molar-refractivity contribution < 1.29 is 28.6 Å². The van der Waals surface area contributed by atoms with E-state index in [4.69, 9.17) is 14.2 Å². The Morgan fingerprint density at radius 2 is 0.574 bits per heavy atom. The van der Waals surface area contributed by atoms with Crippen molar-refractivity contribution in [3.63, 3.8) is 0 Å². The lowest BCUT2D eigenvalue weighted by Crippen LogP contribution is -2.30. The summed E-state index contributed by atoms with van der Waals surface area (Å²) in [5.41, 5.74) is 0. The highest BCUT2D eigenvalue weighted by Crippen LogP contribution is 2.12. The average Bonchev–Trinajstić information content (AvgIpc) is 3.34. The Hall–Kier alpha value is -5.49. The first-order valence-electron chi connectivity index (χ1n) is 26.0. The number of allylic oxidation sites excluding steroid dienone is 30. The number of carbonyl (C=O) groups excluding carboxylic acids is 3. The second-order valence-corrected chi connectivity index (χ2v) is 16.3. The van der Waals surface area contributed by atoms with Crippen molar-refractivity contribution in [2.45, 2.75) is 175 Å². The van der Waals surface area contributed by atoms with E-state index in [0.717, 1.165) is 116 Å². The monoisotopic (exact) mass is 931 g/mol. The third kappa shape index (κ3) is 51.5. The first-order chi connectivity index (χ1) is 33.5. The number of hydrogen-bond acceptors (Lipinski definition) is 6. The number of ether oxygens (including phenoxy) is 3. The second-order valence-electron chi connectivity index (χ2n) is 16.3. The fourth-order valence-electron chi connectivity index (χ4n) is 6.16. The van der Waals surface area contributed by atoms with Gasteiger partial charge in [-0.1, -0.05) is 254 Å². The molecular formula is C62H90O6. The van der Waals surface area contributed by atoms with Crippen LogP contribution in [0.5, 0.6) is 0 Å². The molecule has 0 rings (SSSR count). The highest BCUT2D eigenvalue weighted by atomic mass is 16.6. The van der Waals surface area contributed by atoms with Gasteiger partial charge in [-0.3, -0.25) is 14.4 Å². The smallest absolute Gasteiger partial charge is 0.306 e. The molecule has 0 aromatic rings. The van der Waals surface area contributed by atoms with Crippen LogP contribution < -0.4 is 0 Å². The van der Waals surface area contributed by atoms with Crippen molar-refractivity contribution in [2.75, 3.05) is 13.2 Å². The molecule has 0 radical (unpaired) electrons. The Bertz CT molecular complexity index is 1680. The van der Waals surface area contributed by atoms with Gasteiger partial charge < -0.3 is 14.2 Å². The summed E-state index contributed by atoms with van der Waals surface area (Å²) >= 11 is 0. The zero-order valence-corrected chi connectivity index (χ0v) is 42.5. The molecule has 0 saturated heterocycles. The molecule has 0 fully saturated rings. The standard InChI is InChI=1S/C62H90O6/c1-4-7-10-13-16-19-22-25-27-29-31-33-34-37-40-43-46-49-52-55-61(64)67-58-59(57-66-60(63)54-51-48-45-42-39-36-24-21-18-15-12-9-6-3)68-62(65)56-53-50-47-44-41-38-35-32-30-28-26-23-20-17-14-11-8-5-2/h7,9-35,37,40,59H,4-6,8,36,38-39,41-58H2,1-3H3/b10-7+,12-9+,14-11+,16-13+,18-15+,20-17+,22-19+,24-21+,26-23+,27-25+,30-28+,31-29+,34-33+,35-32+,40-37+. The van der Waals surface area contributed by atoms with E-state index < -0.39 is 6.10 Å². The minimum absolute atomic E-state index is 0.126. The normalized spacial score (nSPS) is 13.6. The highest BCUT2D eigenvalue weighted by molar-refractivity contribution is 5.71. The molecule has 0 bridgehead atoms. The number of rotatable bonds is 43. The van der Waals surface area contributed by atoms with Gasteiger partial charge in [-0.25, -0.2) is 0 Å². The van der Waals surface area contributed by atoms with Gasteiger partial charge in [0.15, 0.2) is 6.10 Å². The van der Waals surface area contributed by atoms with Crippen molar-refractivity contribution >= 4 is 17.9 Å². The van der Waals surface area contributed by atoms with E-state index in [2.05, 4.69) is 87.6 Å². The number of hydrogen-bond donors (Lipinski definition) is 0. The lowest BCUT2D eigenvalue weighted by Gasteiger charge is -2.18. The maximum atomic E-state index is 12.8. The Balaban J connectivity index is 4.63. The summed E-state index contributed by atoms with van der Waals surface area (Å²) in [6.07, 6.45) is 81.4. The summed E-state index contributed by atoms with van der Waals surface area (Å²) < 4.78 is 16.7. The average molecular weight is 931 g/mol. The molecule has 374 valence electrons. The first kappa shape index (κ1) is 62.5. The molecule has 6 heteroatoms. The fraction of sp³-hybridized carbons (Fsp3) is 0.468. The quantitative estimate of drug-likeness (QED) is 0.0262. The summed E-state index contributed by atoms with van der Waals surface area (Å²) in [5, 5.41) is 0. The van der Waals surface area contributed by atoms with Crippen molar-refractivity contribution in [1.29, 1.82) is 0 Å². The van der Waals surface area contributed by atoms with Crippen LogP contribution in [0.2, 0.25) is 0 Å². The van der Waals surface area contributed by atoms with Crippen LogP contribution in [0.25, 0.3) is 0 Å². The number of carbonyl (C=O) groups is 3. The van der Waals surface area contributed by atoms with Gasteiger partial charge in [0.1, 0.15) is 13.2 Å². The maximum absolute atomic E-state index is 12.8. The zero-order chi connectivity index (χ0) is 49.3.